The highest BCUT2D eigenvalue weighted by atomic mass is 32.2. The standard InChI is InChI=1S/C17H20N2OS2/c20-16-15(13-18-10-5-2-6-11-18)22-17(21)19(16)12-9-14-7-3-1-4-8-14/h1,3-4,7-8,13H,2,5-6,9-12H2/b15-13+. The number of likely N-dealkylation sites (tertiary alicyclic amines) is 1. The van der Waals surface area contributed by atoms with E-state index in [1.165, 1.54) is 36.6 Å². The Morgan fingerprint density at radius 3 is 2.59 bits per heavy atom. The lowest BCUT2D eigenvalue weighted by Crippen LogP contribution is -2.31. The Kier molecular flexibility index (Phi) is 5.16. The van der Waals surface area contributed by atoms with Gasteiger partial charge in [0, 0.05) is 25.8 Å². The molecule has 3 nitrogen and oxygen atoms in total. The monoisotopic (exact) mass is 332 g/mol. The lowest BCUT2D eigenvalue weighted by molar-refractivity contribution is -0.122. The largest absolute Gasteiger partial charge is 0.376 e. The van der Waals surface area contributed by atoms with Gasteiger partial charge in [-0.05, 0) is 31.2 Å². The second-order valence-electron chi connectivity index (χ2n) is 5.65. The molecule has 22 heavy (non-hydrogen) atoms. The third-order valence-corrected chi connectivity index (χ3v) is 5.40. The van der Waals surface area contributed by atoms with Crippen LogP contribution in [0.5, 0.6) is 0 Å². The number of thiocarbonyl (C=S) groups is 1. The Morgan fingerprint density at radius 2 is 1.86 bits per heavy atom. The summed E-state index contributed by atoms with van der Waals surface area (Å²) in [5, 5.41) is 0. The van der Waals surface area contributed by atoms with Crippen LogP contribution in [-0.2, 0) is 11.2 Å². The fourth-order valence-corrected chi connectivity index (χ4v) is 4.10. The van der Waals surface area contributed by atoms with Gasteiger partial charge < -0.3 is 4.90 Å². The number of hydrogen-bond donors (Lipinski definition) is 0. The lowest BCUT2D eigenvalue weighted by Gasteiger charge is -2.25. The van der Waals surface area contributed by atoms with Crippen molar-refractivity contribution in [3.63, 3.8) is 0 Å². The number of rotatable bonds is 4. The molecule has 0 aromatic heterocycles. The maximum absolute atomic E-state index is 12.5. The van der Waals surface area contributed by atoms with Gasteiger partial charge in [0.1, 0.15) is 4.32 Å². The van der Waals surface area contributed by atoms with Crippen LogP contribution in [0.1, 0.15) is 24.8 Å². The van der Waals surface area contributed by atoms with Gasteiger partial charge in [0.25, 0.3) is 5.91 Å². The second-order valence-corrected chi connectivity index (χ2v) is 7.33. The van der Waals surface area contributed by atoms with Gasteiger partial charge in [-0.25, -0.2) is 0 Å². The topological polar surface area (TPSA) is 23.6 Å². The molecule has 5 heteroatoms. The van der Waals surface area contributed by atoms with Gasteiger partial charge >= 0.3 is 0 Å². The number of nitrogens with zero attached hydrogens (tertiary/aromatic N) is 2. The van der Waals surface area contributed by atoms with Crippen LogP contribution in [0.3, 0.4) is 0 Å². The summed E-state index contributed by atoms with van der Waals surface area (Å²) in [6.07, 6.45) is 6.57. The maximum Gasteiger partial charge on any atom is 0.267 e. The van der Waals surface area contributed by atoms with Crippen molar-refractivity contribution in [1.82, 2.24) is 9.80 Å². The minimum atomic E-state index is 0.0662. The van der Waals surface area contributed by atoms with E-state index in [2.05, 4.69) is 17.0 Å². The number of amides is 1. The van der Waals surface area contributed by atoms with Crippen LogP contribution in [-0.4, -0.2) is 39.7 Å². The molecule has 0 saturated carbocycles. The van der Waals surface area contributed by atoms with E-state index in [1.807, 2.05) is 24.4 Å². The quantitative estimate of drug-likeness (QED) is 0.623. The summed E-state index contributed by atoms with van der Waals surface area (Å²) in [6, 6.07) is 10.2. The van der Waals surface area contributed by atoms with E-state index in [-0.39, 0.29) is 5.91 Å². The Labute approximate surface area is 141 Å². The zero-order chi connectivity index (χ0) is 15.4. The molecule has 3 rings (SSSR count). The van der Waals surface area contributed by atoms with Gasteiger partial charge in [0.15, 0.2) is 0 Å². The Hall–Kier alpha value is -1.33. The third kappa shape index (κ3) is 3.70. The van der Waals surface area contributed by atoms with Crippen LogP contribution in [0, 0.1) is 0 Å². The van der Waals surface area contributed by atoms with Gasteiger partial charge in [-0.2, -0.15) is 0 Å². The van der Waals surface area contributed by atoms with Gasteiger partial charge in [0.2, 0.25) is 0 Å². The van der Waals surface area contributed by atoms with Crippen molar-refractivity contribution < 1.29 is 4.79 Å². The Morgan fingerprint density at radius 1 is 1.14 bits per heavy atom. The molecule has 116 valence electrons. The summed E-state index contributed by atoms with van der Waals surface area (Å²) in [5.74, 6) is 0.0662. The van der Waals surface area contributed by atoms with E-state index >= 15 is 0 Å². The number of carbonyl (C=O) groups is 1. The maximum atomic E-state index is 12.5. The van der Waals surface area contributed by atoms with Crippen LogP contribution in [0.2, 0.25) is 0 Å². The highest BCUT2D eigenvalue weighted by molar-refractivity contribution is 8.26. The van der Waals surface area contributed by atoms with E-state index in [0.29, 0.717) is 10.9 Å². The fourth-order valence-electron chi connectivity index (χ4n) is 2.78. The van der Waals surface area contributed by atoms with Gasteiger partial charge in [-0.1, -0.05) is 54.3 Å². The molecule has 1 aromatic rings. The number of benzene rings is 1. The predicted molar refractivity (Wildman–Crippen MR) is 95.6 cm³/mol. The molecule has 0 unspecified atom stereocenters. The van der Waals surface area contributed by atoms with E-state index in [1.54, 1.807) is 4.90 Å². The number of thioether (sulfide) groups is 1. The average Bonchev–Trinajstić information content (AvgIpc) is 2.81. The first kappa shape index (κ1) is 15.6. The van der Waals surface area contributed by atoms with Crippen molar-refractivity contribution >= 4 is 34.2 Å². The highest BCUT2D eigenvalue weighted by Gasteiger charge is 2.32. The summed E-state index contributed by atoms with van der Waals surface area (Å²) in [6.45, 7) is 2.76. The molecule has 2 aliphatic rings. The molecule has 0 radical (unpaired) electrons. The smallest absolute Gasteiger partial charge is 0.267 e. The molecule has 2 heterocycles. The minimum Gasteiger partial charge on any atom is -0.376 e. The van der Waals surface area contributed by atoms with Crippen molar-refractivity contribution in [1.29, 1.82) is 0 Å². The van der Waals surface area contributed by atoms with E-state index in [0.717, 1.165) is 24.4 Å². The molecule has 0 aliphatic carbocycles. The van der Waals surface area contributed by atoms with Gasteiger partial charge in [0.05, 0.1) is 4.91 Å². The van der Waals surface area contributed by atoms with Crippen molar-refractivity contribution in [3.8, 4) is 0 Å². The second kappa shape index (κ2) is 7.29. The molecule has 1 amide bonds. The summed E-state index contributed by atoms with van der Waals surface area (Å²) in [4.78, 5) is 17.3. The van der Waals surface area contributed by atoms with E-state index < -0.39 is 0 Å². The Balaban J connectivity index is 1.62. The average molecular weight is 332 g/mol. The number of carbonyl (C=O) groups excluding carboxylic acids is 1. The lowest BCUT2D eigenvalue weighted by atomic mass is 10.1. The summed E-state index contributed by atoms with van der Waals surface area (Å²) in [7, 11) is 0. The zero-order valence-electron chi connectivity index (χ0n) is 12.5. The molecule has 0 spiro atoms. The molecule has 0 N–H and O–H groups in total. The van der Waals surface area contributed by atoms with Crippen LogP contribution in [0.15, 0.2) is 41.4 Å². The van der Waals surface area contributed by atoms with Crippen molar-refractivity contribution in [3.05, 3.63) is 47.0 Å². The third-order valence-electron chi connectivity index (χ3n) is 4.03. The predicted octanol–water partition coefficient (Wildman–Crippen LogP) is 3.42. The highest BCUT2D eigenvalue weighted by Crippen LogP contribution is 2.31. The van der Waals surface area contributed by atoms with Gasteiger partial charge in [-0.15, -0.1) is 0 Å². The molecule has 0 bridgehead atoms. The van der Waals surface area contributed by atoms with Crippen LogP contribution < -0.4 is 0 Å². The molecule has 2 saturated heterocycles. The number of hydrogen-bond acceptors (Lipinski definition) is 4. The van der Waals surface area contributed by atoms with Crippen LogP contribution >= 0.6 is 24.0 Å². The molecule has 2 fully saturated rings. The molecule has 0 atom stereocenters. The summed E-state index contributed by atoms with van der Waals surface area (Å²) < 4.78 is 0.684. The van der Waals surface area contributed by atoms with Crippen LogP contribution in [0.4, 0.5) is 0 Å². The SMILES string of the molecule is O=C1/C(=C\N2CCCCC2)SC(=S)N1CCc1ccccc1. The van der Waals surface area contributed by atoms with E-state index in [9.17, 15) is 4.79 Å². The molecule has 2 aliphatic heterocycles. The molecular weight excluding hydrogens is 312 g/mol. The molecule has 1 aromatic carbocycles. The first-order chi connectivity index (χ1) is 10.7. The van der Waals surface area contributed by atoms with Crippen LogP contribution in [0.25, 0.3) is 0 Å². The molecular formula is C17H20N2OS2. The first-order valence-corrected chi connectivity index (χ1v) is 9.00. The fraction of sp³-hybridized carbons (Fsp3) is 0.412. The number of piperidine rings is 1. The van der Waals surface area contributed by atoms with Gasteiger partial charge in [-0.3, -0.25) is 9.69 Å². The normalized spacial score (nSPS) is 21.0. The van der Waals surface area contributed by atoms with Crippen molar-refractivity contribution in [2.24, 2.45) is 0 Å². The first-order valence-electron chi connectivity index (χ1n) is 7.77. The summed E-state index contributed by atoms with van der Waals surface area (Å²) in [5.41, 5.74) is 1.23. The minimum absolute atomic E-state index is 0.0662. The summed E-state index contributed by atoms with van der Waals surface area (Å²) >= 11 is 6.82. The Bertz CT molecular complexity index is 580. The van der Waals surface area contributed by atoms with Crippen molar-refractivity contribution in [2.45, 2.75) is 25.7 Å². The zero-order valence-corrected chi connectivity index (χ0v) is 14.2. The van der Waals surface area contributed by atoms with Crippen molar-refractivity contribution in [2.75, 3.05) is 19.6 Å². The van der Waals surface area contributed by atoms with E-state index in [4.69, 9.17) is 12.2 Å².